The van der Waals surface area contributed by atoms with Crippen molar-refractivity contribution in [3.63, 3.8) is 0 Å². The second-order valence-corrected chi connectivity index (χ2v) is 6.85. The van der Waals surface area contributed by atoms with Crippen LogP contribution >= 0.6 is 0 Å². The molecule has 1 aromatic carbocycles. The number of nitrogens with one attached hydrogen (secondary N) is 1. The van der Waals surface area contributed by atoms with Crippen LogP contribution in [0.4, 0.5) is 5.82 Å². The van der Waals surface area contributed by atoms with Crippen molar-refractivity contribution in [2.45, 2.75) is 58.7 Å². The van der Waals surface area contributed by atoms with E-state index in [-0.39, 0.29) is 12.1 Å². The number of nitrogens with zero attached hydrogens (tertiary/aromatic N) is 4. The summed E-state index contributed by atoms with van der Waals surface area (Å²) in [6.45, 7) is 6.88. The molecule has 0 aliphatic rings. The summed E-state index contributed by atoms with van der Waals surface area (Å²) >= 11 is 0. The van der Waals surface area contributed by atoms with E-state index in [1.165, 1.54) is 5.56 Å². The number of hydrogen-bond donors (Lipinski definition) is 2. The highest BCUT2D eigenvalue weighted by Crippen LogP contribution is 2.23. The van der Waals surface area contributed by atoms with Crippen molar-refractivity contribution in [2.24, 2.45) is 0 Å². The number of aliphatic hydroxyl groups excluding tert-OH is 1. The Kier molecular flexibility index (Phi) is 5.83. The third-order valence-corrected chi connectivity index (χ3v) is 4.50. The number of imidazole rings is 1. The third-order valence-electron chi connectivity index (χ3n) is 4.50. The molecule has 6 nitrogen and oxygen atoms in total. The fourth-order valence-electron chi connectivity index (χ4n) is 2.86. The van der Waals surface area contributed by atoms with Crippen molar-refractivity contribution in [1.29, 1.82) is 0 Å². The summed E-state index contributed by atoms with van der Waals surface area (Å²) in [5, 5.41) is 13.3. The third kappa shape index (κ3) is 4.19. The van der Waals surface area contributed by atoms with E-state index in [0.717, 1.165) is 29.2 Å². The Balaban J connectivity index is 1.91. The molecule has 6 heteroatoms. The van der Waals surface area contributed by atoms with Gasteiger partial charge in [0.2, 0.25) is 0 Å². The Hall–Kier alpha value is -2.47. The van der Waals surface area contributed by atoms with E-state index in [0.29, 0.717) is 19.4 Å². The normalized spacial score (nSPS) is 12.7. The molecular formula is C20H27N5O. The topological polar surface area (TPSA) is 75.9 Å². The zero-order valence-corrected chi connectivity index (χ0v) is 15.7. The van der Waals surface area contributed by atoms with Crippen LogP contribution < -0.4 is 5.32 Å². The quantitative estimate of drug-likeness (QED) is 0.645. The van der Waals surface area contributed by atoms with Crippen LogP contribution in [0.3, 0.4) is 0 Å². The van der Waals surface area contributed by atoms with Crippen molar-refractivity contribution in [3.05, 3.63) is 48.0 Å². The molecule has 1 unspecified atom stereocenters. The Bertz CT molecular complexity index is 844. The number of aryl methyl sites for hydroxylation is 1. The summed E-state index contributed by atoms with van der Waals surface area (Å²) in [6.07, 6.45) is 3.56. The van der Waals surface area contributed by atoms with Crippen molar-refractivity contribution in [2.75, 3.05) is 5.32 Å². The fourth-order valence-corrected chi connectivity index (χ4v) is 2.86. The van der Waals surface area contributed by atoms with Gasteiger partial charge in [0.25, 0.3) is 0 Å². The minimum Gasteiger partial charge on any atom is -0.393 e. The van der Waals surface area contributed by atoms with Crippen LogP contribution in [0.15, 0.2) is 36.7 Å². The van der Waals surface area contributed by atoms with E-state index in [1.54, 1.807) is 0 Å². The minimum atomic E-state index is -0.315. The van der Waals surface area contributed by atoms with Crippen molar-refractivity contribution < 1.29 is 5.11 Å². The van der Waals surface area contributed by atoms with Crippen LogP contribution in [0.2, 0.25) is 0 Å². The summed E-state index contributed by atoms with van der Waals surface area (Å²) in [5.41, 5.74) is 2.81. The first-order chi connectivity index (χ1) is 12.6. The first kappa shape index (κ1) is 18.3. The molecule has 0 saturated heterocycles. The zero-order chi connectivity index (χ0) is 18.5. The monoisotopic (exact) mass is 353 g/mol. The number of benzene rings is 1. The van der Waals surface area contributed by atoms with E-state index in [1.807, 2.05) is 31.5 Å². The molecule has 1 atom stereocenters. The summed E-state index contributed by atoms with van der Waals surface area (Å²) in [6, 6.07) is 10.5. The molecule has 0 aliphatic carbocycles. The van der Waals surface area contributed by atoms with Gasteiger partial charge >= 0.3 is 0 Å². The molecule has 2 aromatic heterocycles. The Morgan fingerprint density at radius 1 is 1.15 bits per heavy atom. The second kappa shape index (κ2) is 8.27. The predicted octanol–water partition coefficient (Wildman–Crippen LogP) is 3.72. The highest BCUT2D eigenvalue weighted by molar-refractivity contribution is 5.83. The van der Waals surface area contributed by atoms with Gasteiger partial charge < -0.3 is 15.0 Å². The Morgan fingerprint density at radius 3 is 2.62 bits per heavy atom. The molecule has 0 amide bonds. The van der Waals surface area contributed by atoms with Gasteiger partial charge in [-0.2, -0.15) is 0 Å². The highest BCUT2D eigenvalue weighted by atomic mass is 16.3. The SMILES string of the molecule is CCC(O)CCc1nc(NCc2ccccc2)c2ncn(C(C)C)c2n1. The van der Waals surface area contributed by atoms with Crippen LogP contribution in [0.5, 0.6) is 0 Å². The average Bonchev–Trinajstić information content (AvgIpc) is 3.09. The molecule has 138 valence electrons. The second-order valence-electron chi connectivity index (χ2n) is 6.85. The molecule has 3 aromatic rings. The lowest BCUT2D eigenvalue weighted by Crippen LogP contribution is -2.11. The summed E-state index contributed by atoms with van der Waals surface area (Å²) in [7, 11) is 0. The van der Waals surface area contributed by atoms with E-state index in [2.05, 4.69) is 45.8 Å². The number of rotatable bonds is 8. The van der Waals surface area contributed by atoms with Gasteiger partial charge in [-0.15, -0.1) is 0 Å². The lowest BCUT2D eigenvalue weighted by Gasteiger charge is -2.12. The molecule has 0 aliphatic heterocycles. The molecule has 0 fully saturated rings. The maximum Gasteiger partial charge on any atom is 0.166 e. The largest absolute Gasteiger partial charge is 0.393 e. The number of hydrogen-bond acceptors (Lipinski definition) is 5. The van der Waals surface area contributed by atoms with Gasteiger partial charge in [0.05, 0.1) is 12.4 Å². The number of aromatic nitrogens is 4. The lowest BCUT2D eigenvalue weighted by atomic mass is 10.1. The van der Waals surface area contributed by atoms with Gasteiger partial charge in [0.15, 0.2) is 11.5 Å². The minimum absolute atomic E-state index is 0.269. The summed E-state index contributed by atoms with van der Waals surface area (Å²) in [4.78, 5) is 13.9. The number of anilines is 1. The van der Waals surface area contributed by atoms with Crippen LogP contribution in [-0.4, -0.2) is 30.7 Å². The van der Waals surface area contributed by atoms with E-state index >= 15 is 0 Å². The van der Waals surface area contributed by atoms with Gasteiger partial charge in [-0.1, -0.05) is 37.3 Å². The molecular weight excluding hydrogens is 326 g/mol. The maximum absolute atomic E-state index is 9.87. The molecule has 0 bridgehead atoms. The smallest absolute Gasteiger partial charge is 0.166 e. The van der Waals surface area contributed by atoms with Gasteiger partial charge in [-0.25, -0.2) is 15.0 Å². The van der Waals surface area contributed by atoms with Crippen LogP contribution in [0.1, 0.15) is 51.0 Å². The highest BCUT2D eigenvalue weighted by Gasteiger charge is 2.15. The molecule has 2 N–H and O–H groups in total. The van der Waals surface area contributed by atoms with Crippen LogP contribution in [0.25, 0.3) is 11.2 Å². The maximum atomic E-state index is 9.87. The van der Waals surface area contributed by atoms with E-state index < -0.39 is 0 Å². The van der Waals surface area contributed by atoms with E-state index in [4.69, 9.17) is 4.98 Å². The van der Waals surface area contributed by atoms with Crippen LogP contribution in [0, 0.1) is 0 Å². The van der Waals surface area contributed by atoms with Gasteiger partial charge in [0, 0.05) is 19.0 Å². The van der Waals surface area contributed by atoms with Gasteiger partial charge in [0.1, 0.15) is 11.3 Å². The predicted molar refractivity (Wildman–Crippen MR) is 104 cm³/mol. The Morgan fingerprint density at radius 2 is 1.92 bits per heavy atom. The first-order valence-electron chi connectivity index (χ1n) is 9.27. The number of aliphatic hydroxyl groups is 1. The molecule has 2 heterocycles. The molecule has 0 saturated carbocycles. The Labute approximate surface area is 154 Å². The van der Waals surface area contributed by atoms with Crippen molar-refractivity contribution >= 4 is 17.0 Å². The van der Waals surface area contributed by atoms with Crippen LogP contribution in [-0.2, 0) is 13.0 Å². The summed E-state index contributed by atoms with van der Waals surface area (Å²) < 4.78 is 2.06. The zero-order valence-electron chi connectivity index (χ0n) is 15.7. The average molecular weight is 353 g/mol. The molecule has 0 radical (unpaired) electrons. The molecule has 0 spiro atoms. The van der Waals surface area contributed by atoms with Crippen molar-refractivity contribution in [1.82, 2.24) is 19.5 Å². The standard InChI is InChI=1S/C20H27N5O/c1-4-16(26)10-11-17-23-19(21-12-15-8-6-5-7-9-15)18-20(24-17)25(13-22-18)14(2)3/h5-9,13-14,16,26H,4,10-12H2,1-3H3,(H,21,23,24). The first-order valence-corrected chi connectivity index (χ1v) is 9.27. The molecule has 3 rings (SSSR count). The van der Waals surface area contributed by atoms with Gasteiger partial charge in [-0.05, 0) is 32.3 Å². The van der Waals surface area contributed by atoms with Gasteiger partial charge in [-0.3, -0.25) is 0 Å². The van der Waals surface area contributed by atoms with E-state index in [9.17, 15) is 5.11 Å². The van der Waals surface area contributed by atoms with Crippen molar-refractivity contribution in [3.8, 4) is 0 Å². The summed E-state index contributed by atoms with van der Waals surface area (Å²) in [5.74, 6) is 1.49. The fraction of sp³-hybridized carbons (Fsp3) is 0.450. The number of fused-ring (bicyclic) bond motifs is 1. The lowest BCUT2D eigenvalue weighted by molar-refractivity contribution is 0.160. The molecule has 26 heavy (non-hydrogen) atoms.